The highest BCUT2D eigenvalue weighted by Gasteiger charge is 2.49. The average molecular weight is 911 g/mol. The van der Waals surface area contributed by atoms with Crippen LogP contribution >= 0.6 is 11.6 Å². The number of likely N-dealkylation sites (tertiary alicyclic amines) is 1. The summed E-state index contributed by atoms with van der Waals surface area (Å²) in [4.78, 5) is 71.4. The van der Waals surface area contributed by atoms with Crippen LogP contribution in [-0.4, -0.2) is 119 Å². The van der Waals surface area contributed by atoms with Gasteiger partial charge in [-0.15, -0.1) is 0 Å². The van der Waals surface area contributed by atoms with Gasteiger partial charge in [-0.1, -0.05) is 37.6 Å². The standard InChI is InChI=1S/C51H56ClN9O5/c1-50(2,35-25-33(31-53)26-36(52)27-35)34-3-6-41(7-4-34)66-32-37-11-16-54-49(55-37)60-23-21-59(22-24-60)38-12-17-57(18-13-38)40-29-51(30-40)14-19-58(20-15-51)39-5-8-42-43(28-39)48(65)61(47(42)64)44-9-10-45(62)56-46(44)63/h3-8,11,16,25-28,38,40,44H,9-10,12-15,17-24,29-30,32H2,1-2H3,(H,56,62,63). The predicted molar refractivity (Wildman–Crippen MR) is 249 cm³/mol. The van der Waals surface area contributed by atoms with Crippen LogP contribution in [0.5, 0.6) is 5.75 Å². The summed E-state index contributed by atoms with van der Waals surface area (Å²) in [5, 5.41) is 12.3. The molecule has 15 heteroatoms. The highest BCUT2D eigenvalue weighted by Crippen LogP contribution is 2.52. The fourth-order valence-corrected chi connectivity index (χ4v) is 11.6. The van der Waals surface area contributed by atoms with Crippen molar-refractivity contribution < 1.29 is 23.9 Å². The van der Waals surface area contributed by atoms with Crippen LogP contribution in [-0.2, 0) is 21.6 Å². The number of imide groups is 2. The maximum atomic E-state index is 13.4. The first-order chi connectivity index (χ1) is 31.9. The number of nitrogens with one attached hydrogen (secondary N) is 1. The fraction of sp³-hybridized carbons (Fsp3) is 0.471. The number of carbonyl (C=O) groups is 4. The number of aromatic nitrogens is 2. The zero-order chi connectivity index (χ0) is 45.7. The third kappa shape index (κ3) is 8.53. The first kappa shape index (κ1) is 44.0. The van der Waals surface area contributed by atoms with E-state index < -0.39 is 23.8 Å². The Kier molecular flexibility index (Phi) is 11.8. The van der Waals surface area contributed by atoms with E-state index >= 15 is 0 Å². The third-order valence-electron chi connectivity index (χ3n) is 15.5. The summed E-state index contributed by atoms with van der Waals surface area (Å²) in [5.74, 6) is -0.383. The number of piperidine rings is 3. The van der Waals surface area contributed by atoms with E-state index in [0.29, 0.717) is 45.8 Å². The number of anilines is 2. The summed E-state index contributed by atoms with van der Waals surface area (Å²) in [5.41, 5.74) is 5.08. The smallest absolute Gasteiger partial charge is 0.262 e. The number of amides is 4. The lowest BCUT2D eigenvalue weighted by Crippen LogP contribution is -2.58. The molecule has 1 atom stereocenters. The minimum absolute atomic E-state index is 0.105. The number of hydrogen-bond donors (Lipinski definition) is 1. The van der Waals surface area contributed by atoms with E-state index in [2.05, 4.69) is 61.9 Å². The van der Waals surface area contributed by atoms with Crippen LogP contribution in [0, 0.1) is 16.7 Å². The van der Waals surface area contributed by atoms with Crippen LogP contribution in [0.1, 0.15) is 108 Å². The van der Waals surface area contributed by atoms with Crippen molar-refractivity contribution in [1.29, 1.82) is 5.26 Å². The lowest BCUT2D eigenvalue weighted by Gasteiger charge is -2.57. The van der Waals surface area contributed by atoms with Crippen molar-refractivity contribution in [3.05, 3.63) is 111 Å². The summed E-state index contributed by atoms with van der Waals surface area (Å²) in [6, 6.07) is 23.4. The van der Waals surface area contributed by atoms with E-state index in [-0.39, 0.29) is 24.2 Å². The van der Waals surface area contributed by atoms with Gasteiger partial charge in [0, 0.05) is 80.1 Å². The molecule has 0 bridgehead atoms. The first-order valence-electron chi connectivity index (χ1n) is 23.5. The number of fused-ring (bicyclic) bond motifs is 1. The SMILES string of the molecule is CC(C)(c1ccc(OCc2ccnc(N3CCN(C4CCN(C5CC6(CCN(c7ccc8c(c7)C(=O)N(C7CCC(=O)NC7=O)C8=O)CC6)C5)CC4)CC3)n2)cc1)c1cc(Cl)cc(C#N)c1. The number of rotatable bonds is 10. The second-order valence-corrected chi connectivity index (χ2v) is 20.1. The van der Waals surface area contributed by atoms with Crippen LogP contribution in [0.3, 0.4) is 0 Å². The molecule has 1 spiro atoms. The highest BCUT2D eigenvalue weighted by atomic mass is 35.5. The van der Waals surface area contributed by atoms with Gasteiger partial charge in [0.15, 0.2) is 0 Å². The van der Waals surface area contributed by atoms with Crippen molar-refractivity contribution in [2.45, 2.75) is 95.4 Å². The van der Waals surface area contributed by atoms with Gasteiger partial charge in [0.05, 0.1) is 28.5 Å². The van der Waals surface area contributed by atoms with E-state index in [0.717, 1.165) is 104 Å². The Morgan fingerprint density at radius 3 is 2.21 bits per heavy atom. The lowest BCUT2D eigenvalue weighted by molar-refractivity contribution is -0.136. The Morgan fingerprint density at radius 1 is 0.788 bits per heavy atom. The van der Waals surface area contributed by atoms with Crippen molar-refractivity contribution in [1.82, 2.24) is 30.0 Å². The molecule has 66 heavy (non-hydrogen) atoms. The molecular weight excluding hydrogens is 854 g/mol. The van der Waals surface area contributed by atoms with Crippen molar-refractivity contribution >= 4 is 46.9 Å². The monoisotopic (exact) mass is 909 g/mol. The Bertz CT molecular complexity index is 2580. The van der Waals surface area contributed by atoms with Crippen molar-refractivity contribution in [2.24, 2.45) is 5.41 Å². The minimum atomic E-state index is -0.957. The highest BCUT2D eigenvalue weighted by molar-refractivity contribution is 6.30. The molecule has 6 heterocycles. The summed E-state index contributed by atoms with van der Waals surface area (Å²) in [7, 11) is 0. The van der Waals surface area contributed by atoms with E-state index in [9.17, 15) is 24.4 Å². The lowest BCUT2D eigenvalue weighted by atomic mass is 9.59. The number of halogens is 1. The maximum Gasteiger partial charge on any atom is 0.262 e. The van der Waals surface area contributed by atoms with Crippen molar-refractivity contribution in [2.75, 3.05) is 62.2 Å². The quantitative estimate of drug-likeness (QED) is 0.177. The Hall–Kier alpha value is -5.88. The summed E-state index contributed by atoms with van der Waals surface area (Å²) < 4.78 is 6.17. The predicted octanol–water partition coefficient (Wildman–Crippen LogP) is 6.34. The number of ether oxygens (including phenoxy) is 1. The van der Waals surface area contributed by atoms with Crippen LogP contribution in [0.2, 0.25) is 5.02 Å². The van der Waals surface area contributed by atoms with Gasteiger partial charge < -0.3 is 19.4 Å². The van der Waals surface area contributed by atoms with Gasteiger partial charge in [0.25, 0.3) is 11.8 Å². The van der Waals surface area contributed by atoms with E-state index in [4.69, 9.17) is 21.3 Å². The van der Waals surface area contributed by atoms with Gasteiger partial charge in [-0.3, -0.25) is 34.3 Å². The molecule has 4 saturated heterocycles. The van der Waals surface area contributed by atoms with Crippen molar-refractivity contribution in [3.8, 4) is 11.8 Å². The number of carbonyl (C=O) groups excluding carboxylic acids is 4. The summed E-state index contributed by atoms with van der Waals surface area (Å²) in [6.07, 6.45) is 9.19. The summed E-state index contributed by atoms with van der Waals surface area (Å²) in [6.45, 7) is 12.5. The first-order valence-corrected chi connectivity index (χ1v) is 23.8. The number of benzene rings is 3. The maximum absolute atomic E-state index is 13.4. The second kappa shape index (κ2) is 17.7. The number of piperazine rings is 1. The number of nitrogens with zero attached hydrogens (tertiary/aromatic N) is 8. The third-order valence-corrected chi connectivity index (χ3v) is 15.7. The molecule has 342 valence electrons. The number of nitriles is 1. The molecule has 3 aromatic carbocycles. The van der Waals surface area contributed by atoms with Gasteiger partial charge in [-0.25, -0.2) is 9.97 Å². The molecule has 4 amide bonds. The van der Waals surface area contributed by atoms with Crippen LogP contribution in [0.4, 0.5) is 11.6 Å². The van der Waals surface area contributed by atoms with Crippen LogP contribution in [0.15, 0.2) is 72.9 Å². The molecule has 1 aliphatic carbocycles. The Morgan fingerprint density at radius 2 is 1.50 bits per heavy atom. The zero-order valence-corrected chi connectivity index (χ0v) is 38.4. The molecule has 6 aliphatic rings. The van der Waals surface area contributed by atoms with Gasteiger partial charge in [-0.2, -0.15) is 5.26 Å². The fourth-order valence-electron chi connectivity index (χ4n) is 11.3. The summed E-state index contributed by atoms with van der Waals surface area (Å²) >= 11 is 6.32. The molecule has 5 aliphatic heterocycles. The molecule has 1 unspecified atom stereocenters. The minimum Gasteiger partial charge on any atom is -0.487 e. The molecule has 5 fully saturated rings. The van der Waals surface area contributed by atoms with Crippen LogP contribution in [0.25, 0.3) is 0 Å². The van der Waals surface area contributed by atoms with Gasteiger partial charge in [0.1, 0.15) is 18.4 Å². The normalized spacial score (nSPS) is 22.0. The number of hydrogen-bond acceptors (Lipinski definition) is 12. The topological polar surface area (TPSA) is 155 Å². The molecule has 14 nitrogen and oxygen atoms in total. The van der Waals surface area contributed by atoms with E-state index in [1.807, 2.05) is 48.7 Å². The molecule has 1 aromatic heterocycles. The molecule has 0 radical (unpaired) electrons. The van der Waals surface area contributed by atoms with Crippen LogP contribution < -0.4 is 19.9 Å². The van der Waals surface area contributed by atoms with Gasteiger partial charge in [-0.05, 0) is 129 Å². The van der Waals surface area contributed by atoms with E-state index in [1.165, 1.54) is 25.7 Å². The molecule has 10 rings (SSSR count). The van der Waals surface area contributed by atoms with Gasteiger partial charge in [0.2, 0.25) is 17.8 Å². The Balaban J connectivity index is 0.651. The average Bonchev–Trinajstić information content (AvgIpc) is 3.57. The largest absolute Gasteiger partial charge is 0.487 e. The molecule has 1 N–H and O–H groups in total. The molecule has 1 saturated carbocycles. The second-order valence-electron chi connectivity index (χ2n) is 19.6. The van der Waals surface area contributed by atoms with Gasteiger partial charge >= 0.3 is 0 Å². The zero-order valence-electron chi connectivity index (χ0n) is 37.7. The molecular formula is C51H56ClN9O5. The molecule has 4 aromatic rings. The Labute approximate surface area is 390 Å². The van der Waals surface area contributed by atoms with E-state index in [1.54, 1.807) is 12.1 Å². The van der Waals surface area contributed by atoms with Crippen molar-refractivity contribution in [3.63, 3.8) is 0 Å².